The number of para-hydroxylation sites is 1. The minimum atomic E-state index is -0.712. The van der Waals surface area contributed by atoms with Crippen LogP contribution in [0, 0.1) is 5.92 Å². The number of carbonyl (C=O) groups excluding carboxylic acids is 4. The van der Waals surface area contributed by atoms with Crippen molar-refractivity contribution in [3.8, 4) is 33.6 Å². The zero-order chi connectivity index (χ0) is 42.4. The number of methoxy groups -OCH3 is 2. The van der Waals surface area contributed by atoms with Gasteiger partial charge in [-0.15, -0.1) is 0 Å². The van der Waals surface area contributed by atoms with E-state index in [2.05, 4.69) is 80.2 Å². The fourth-order valence-corrected chi connectivity index (χ4v) is 8.97. The summed E-state index contributed by atoms with van der Waals surface area (Å²) < 4.78 is 9.58. The molecule has 15 heteroatoms. The first-order valence-electron chi connectivity index (χ1n) is 20.6. The first-order chi connectivity index (χ1) is 29.6. The highest BCUT2D eigenvalue weighted by atomic mass is 16.5. The van der Waals surface area contributed by atoms with Crippen LogP contribution in [-0.2, 0) is 31.9 Å². The molecule has 0 aliphatic carbocycles. The van der Waals surface area contributed by atoms with Gasteiger partial charge in [-0.2, -0.15) is 0 Å². The van der Waals surface area contributed by atoms with Crippen LogP contribution in [0.3, 0.4) is 0 Å². The molecule has 15 nitrogen and oxygen atoms in total. The zero-order valence-electron chi connectivity index (χ0n) is 34.4. The Morgan fingerprint density at radius 3 is 2.20 bits per heavy atom. The van der Waals surface area contributed by atoms with Crippen molar-refractivity contribution < 1.29 is 28.7 Å². The van der Waals surface area contributed by atoms with Crippen LogP contribution in [0.5, 0.6) is 0 Å². The smallest absolute Gasteiger partial charge is 0.407 e. The predicted molar refractivity (Wildman–Crippen MR) is 228 cm³/mol. The molecule has 3 aromatic carbocycles. The number of likely N-dealkylation sites (tertiary alicyclic amines) is 1. The van der Waals surface area contributed by atoms with Crippen molar-refractivity contribution in [1.82, 2.24) is 40.5 Å². The Balaban J connectivity index is 0.897. The van der Waals surface area contributed by atoms with Gasteiger partial charge in [0.25, 0.3) is 0 Å². The van der Waals surface area contributed by atoms with Crippen LogP contribution in [-0.4, -0.2) is 86.7 Å². The average Bonchev–Trinajstić information content (AvgIpc) is 4.11. The Morgan fingerprint density at radius 2 is 1.46 bits per heavy atom. The summed E-state index contributed by atoms with van der Waals surface area (Å²) in [5.41, 5.74) is 9.44. The number of pyridine rings is 1. The van der Waals surface area contributed by atoms with Gasteiger partial charge < -0.3 is 35.0 Å². The lowest BCUT2D eigenvalue weighted by molar-refractivity contribution is -0.135. The standard InChI is InChI=1S/C46H47N9O6/c1-25(2)39(53-46(59)61-4)44(57)54-18-6-9-37(54)41-48-23-35(50-41)27-12-10-26(11-13-27)29-14-15-30-19-32(22-47-34(30)20-29)36-24-49-42(51-36)38-21-31-8-5-7-28-16-17-33(52-45(58)60-3)43(56)55(38)40(28)31/h5,7-8,10-15,19-20,22-25,33,37-39H,6,9,16-18,21H2,1-4H3,(H,48,50)(H,49,51)(H,52,58)(H,53,59)/t33-,37-,38-,39-/m0/s1. The molecule has 0 unspecified atom stereocenters. The summed E-state index contributed by atoms with van der Waals surface area (Å²) in [5, 5.41) is 6.40. The molecular weight excluding hydrogens is 775 g/mol. The molecule has 3 aliphatic heterocycles. The number of aryl methyl sites for hydroxylation is 1. The van der Waals surface area contributed by atoms with Crippen LogP contribution in [0.15, 0.2) is 85.3 Å². The quantitative estimate of drug-likeness (QED) is 0.119. The SMILES string of the molecule is COC(=O)N[C@H]1CCc2cccc3c2N(C1=O)[C@H](c1ncc(-c2cnc4cc(-c5ccc(-c6cnc([C@@H]7CCCN7C(=O)[C@@H](NC(=O)OC)C(C)C)[nH]6)cc5)ccc4c2)[nH]1)C3. The van der Waals surface area contributed by atoms with Crippen LogP contribution in [0.4, 0.5) is 15.3 Å². The van der Waals surface area contributed by atoms with Gasteiger partial charge in [-0.1, -0.05) is 68.4 Å². The molecule has 312 valence electrons. The van der Waals surface area contributed by atoms with E-state index in [0.29, 0.717) is 31.6 Å². The average molecular weight is 822 g/mol. The number of aromatic nitrogens is 5. The second-order valence-electron chi connectivity index (χ2n) is 16.2. The summed E-state index contributed by atoms with van der Waals surface area (Å²) in [6.07, 6.45) is 7.51. The van der Waals surface area contributed by atoms with Gasteiger partial charge in [0.2, 0.25) is 11.8 Å². The third-order valence-corrected chi connectivity index (χ3v) is 12.2. The molecule has 0 spiro atoms. The largest absolute Gasteiger partial charge is 0.453 e. The van der Waals surface area contributed by atoms with Crippen LogP contribution in [0.1, 0.15) is 68.0 Å². The minimum absolute atomic E-state index is 0.111. The number of H-pyrrole nitrogens is 2. The number of fused-ring (bicyclic) bond motifs is 1. The molecule has 3 aromatic heterocycles. The first kappa shape index (κ1) is 39.4. The van der Waals surface area contributed by atoms with Gasteiger partial charge in [0.15, 0.2) is 0 Å². The number of rotatable bonds is 9. The molecule has 4 amide bonds. The highest BCUT2D eigenvalue weighted by molar-refractivity contribution is 6.02. The second-order valence-corrected chi connectivity index (χ2v) is 16.2. The van der Waals surface area contributed by atoms with Crippen LogP contribution in [0.2, 0.25) is 0 Å². The molecule has 1 fully saturated rings. The molecule has 0 radical (unpaired) electrons. The molecule has 0 bridgehead atoms. The summed E-state index contributed by atoms with van der Waals surface area (Å²) >= 11 is 0. The van der Waals surface area contributed by atoms with E-state index in [1.165, 1.54) is 14.2 Å². The second kappa shape index (κ2) is 16.2. The Labute approximate surface area is 352 Å². The van der Waals surface area contributed by atoms with Crippen molar-refractivity contribution in [3.05, 3.63) is 108 Å². The van der Waals surface area contributed by atoms with Gasteiger partial charge >= 0.3 is 12.2 Å². The Hall–Kier alpha value is -7.03. The number of benzene rings is 3. The zero-order valence-corrected chi connectivity index (χ0v) is 34.4. The lowest BCUT2D eigenvalue weighted by Gasteiger charge is -2.30. The topological polar surface area (TPSA) is 188 Å². The van der Waals surface area contributed by atoms with Crippen molar-refractivity contribution in [2.24, 2.45) is 5.92 Å². The van der Waals surface area contributed by atoms with E-state index < -0.39 is 24.3 Å². The third-order valence-electron chi connectivity index (χ3n) is 12.2. The normalized spacial score (nSPS) is 18.8. The summed E-state index contributed by atoms with van der Waals surface area (Å²) in [4.78, 5) is 76.5. The Kier molecular flexibility index (Phi) is 10.5. The lowest BCUT2D eigenvalue weighted by atomic mass is 10.0. The van der Waals surface area contributed by atoms with E-state index in [1.54, 1.807) is 22.2 Å². The fraction of sp³-hybridized carbons (Fsp3) is 0.326. The Bertz CT molecular complexity index is 2650. The van der Waals surface area contributed by atoms with E-state index in [4.69, 9.17) is 19.4 Å². The van der Waals surface area contributed by atoms with Crippen molar-refractivity contribution >= 4 is 40.6 Å². The molecule has 4 N–H and O–H groups in total. The number of imidazole rings is 2. The highest BCUT2D eigenvalue weighted by Gasteiger charge is 2.43. The number of hydrogen-bond acceptors (Lipinski definition) is 9. The van der Waals surface area contributed by atoms with Gasteiger partial charge in [0.1, 0.15) is 23.7 Å². The van der Waals surface area contributed by atoms with Crippen LogP contribution in [0.25, 0.3) is 44.5 Å². The Morgan fingerprint density at radius 1 is 0.770 bits per heavy atom. The summed E-state index contributed by atoms with van der Waals surface area (Å²) in [6.45, 7) is 4.39. The maximum atomic E-state index is 14.0. The van der Waals surface area contributed by atoms with E-state index in [9.17, 15) is 19.2 Å². The summed E-state index contributed by atoms with van der Waals surface area (Å²) in [5.74, 6) is 0.943. The van der Waals surface area contributed by atoms with Gasteiger partial charge in [-0.05, 0) is 71.6 Å². The predicted octanol–water partition coefficient (Wildman–Crippen LogP) is 7.03. The van der Waals surface area contributed by atoms with Gasteiger partial charge in [-0.25, -0.2) is 19.6 Å². The molecule has 0 saturated carbocycles. The van der Waals surface area contributed by atoms with Gasteiger partial charge in [-0.3, -0.25) is 19.5 Å². The lowest BCUT2D eigenvalue weighted by Crippen LogP contribution is -2.51. The molecular formula is C46H47N9O6. The number of nitrogens with one attached hydrogen (secondary N) is 4. The molecule has 61 heavy (non-hydrogen) atoms. The number of alkyl carbamates (subject to hydrolysis) is 2. The third kappa shape index (κ3) is 7.44. The molecule has 6 aromatic rings. The highest BCUT2D eigenvalue weighted by Crippen LogP contribution is 2.45. The van der Waals surface area contributed by atoms with E-state index in [-0.39, 0.29) is 29.8 Å². The fourth-order valence-electron chi connectivity index (χ4n) is 8.97. The molecule has 6 heterocycles. The van der Waals surface area contributed by atoms with Gasteiger partial charge in [0, 0.05) is 30.1 Å². The first-order valence-corrected chi connectivity index (χ1v) is 20.6. The number of aromatic amines is 2. The molecule has 9 rings (SSSR count). The molecule has 1 saturated heterocycles. The number of anilines is 1. The number of ether oxygens (including phenoxy) is 2. The number of nitrogens with zero attached hydrogens (tertiary/aromatic N) is 5. The van der Waals surface area contributed by atoms with Crippen molar-refractivity contribution in [2.45, 2.75) is 70.1 Å². The van der Waals surface area contributed by atoms with E-state index in [0.717, 1.165) is 80.0 Å². The van der Waals surface area contributed by atoms with Crippen molar-refractivity contribution in [2.75, 3.05) is 25.7 Å². The number of carbonyl (C=O) groups is 4. The molecule has 3 aliphatic rings. The summed E-state index contributed by atoms with van der Waals surface area (Å²) in [6, 6.07) is 20.7. The van der Waals surface area contributed by atoms with Crippen molar-refractivity contribution in [1.29, 1.82) is 0 Å². The number of hydrogen-bond donors (Lipinski definition) is 4. The van der Waals surface area contributed by atoms with Crippen molar-refractivity contribution in [3.63, 3.8) is 0 Å². The molecule has 4 atom stereocenters. The monoisotopic (exact) mass is 821 g/mol. The maximum absolute atomic E-state index is 14.0. The summed E-state index contributed by atoms with van der Waals surface area (Å²) in [7, 11) is 2.58. The van der Waals surface area contributed by atoms with Crippen LogP contribution >= 0.6 is 0 Å². The minimum Gasteiger partial charge on any atom is -0.453 e. The number of amides is 4. The maximum Gasteiger partial charge on any atom is 0.407 e. The van der Waals surface area contributed by atoms with E-state index >= 15 is 0 Å². The van der Waals surface area contributed by atoms with Crippen LogP contribution < -0.4 is 15.5 Å². The van der Waals surface area contributed by atoms with Gasteiger partial charge in [0.05, 0.1) is 61.3 Å². The van der Waals surface area contributed by atoms with E-state index in [1.807, 2.05) is 32.2 Å².